The van der Waals surface area contributed by atoms with E-state index in [1.807, 2.05) is 47.4 Å². The van der Waals surface area contributed by atoms with Crippen molar-refractivity contribution in [3.63, 3.8) is 0 Å². The van der Waals surface area contributed by atoms with Crippen molar-refractivity contribution in [1.82, 2.24) is 9.80 Å². The lowest BCUT2D eigenvalue weighted by molar-refractivity contribution is 0.0620. The van der Waals surface area contributed by atoms with Crippen LogP contribution in [-0.2, 0) is 0 Å². The number of ether oxygens (including phenoxy) is 2. The first-order valence-electron chi connectivity index (χ1n) is 8.70. The van der Waals surface area contributed by atoms with Gasteiger partial charge in [-0.2, -0.15) is 0 Å². The molecule has 138 valence electrons. The van der Waals surface area contributed by atoms with Crippen LogP contribution in [-0.4, -0.2) is 62.1 Å². The first-order valence-corrected chi connectivity index (χ1v) is 9.07. The molecule has 0 bridgehead atoms. The Hall–Kier alpha value is -2.24. The molecule has 6 heteroatoms. The van der Waals surface area contributed by atoms with Gasteiger partial charge in [-0.25, -0.2) is 0 Å². The third-order valence-corrected chi connectivity index (χ3v) is 4.72. The van der Waals surface area contributed by atoms with Crippen LogP contribution in [0.5, 0.6) is 11.5 Å². The van der Waals surface area contributed by atoms with Gasteiger partial charge in [0.25, 0.3) is 5.91 Å². The fourth-order valence-corrected chi connectivity index (χ4v) is 3.06. The summed E-state index contributed by atoms with van der Waals surface area (Å²) in [6.45, 7) is 4.59. The average Bonchev–Trinajstić information content (AvgIpc) is 2.69. The van der Waals surface area contributed by atoms with Gasteiger partial charge in [0, 0.05) is 43.3 Å². The van der Waals surface area contributed by atoms with Crippen LogP contribution in [0.1, 0.15) is 10.4 Å². The maximum atomic E-state index is 12.6. The molecule has 0 aromatic heterocycles. The standard InChI is InChI=1S/C20H23ClN2O3/c1-25-19-4-2-3-16(15-19)20(24)23-11-9-22(10-12-23)13-14-26-18-7-5-17(21)6-8-18/h2-8,15H,9-14H2,1H3. The zero-order valence-electron chi connectivity index (χ0n) is 14.9. The Bertz CT molecular complexity index is 728. The molecule has 1 saturated heterocycles. The number of piperazine rings is 1. The number of hydrogen-bond acceptors (Lipinski definition) is 4. The summed E-state index contributed by atoms with van der Waals surface area (Å²) in [7, 11) is 1.61. The number of amides is 1. The summed E-state index contributed by atoms with van der Waals surface area (Å²) in [6.07, 6.45) is 0. The van der Waals surface area contributed by atoms with E-state index in [1.54, 1.807) is 13.2 Å². The fourth-order valence-electron chi connectivity index (χ4n) is 2.94. The molecule has 0 N–H and O–H groups in total. The molecule has 3 rings (SSSR count). The van der Waals surface area contributed by atoms with Gasteiger partial charge in [-0.3, -0.25) is 9.69 Å². The van der Waals surface area contributed by atoms with Crippen LogP contribution in [0.25, 0.3) is 0 Å². The van der Waals surface area contributed by atoms with Gasteiger partial charge in [-0.1, -0.05) is 17.7 Å². The molecule has 0 unspecified atom stereocenters. The highest BCUT2D eigenvalue weighted by Gasteiger charge is 2.22. The smallest absolute Gasteiger partial charge is 0.254 e. The number of carbonyl (C=O) groups excluding carboxylic acids is 1. The van der Waals surface area contributed by atoms with E-state index in [4.69, 9.17) is 21.1 Å². The van der Waals surface area contributed by atoms with Crippen LogP contribution >= 0.6 is 11.6 Å². The molecule has 0 saturated carbocycles. The molecule has 0 atom stereocenters. The molecule has 26 heavy (non-hydrogen) atoms. The van der Waals surface area contributed by atoms with Gasteiger partial charge in [0.1, 0.15) is 18.1 Å². The molecule has 5 nitrogen and oxygen atoms in total. The predicted molar refractivity (Wildman–Crippen MR) is 102 cm³/mol. The van der Waals surface area contributed by atoms with E-state index in [1.165, 1.54) is 0 Å². The molecular weight excluding hydrogens is 352 g/mol. The van der Waals surface area contributed by atoms with Crippen molar-refractivity contribution in [3.05, 3.63) is 59.1 Å². The van der Waals surface area contributed by atoms with Crippen LogP contribution in [0.3, 0.4) is 0 Å². The summed E-state index contributed by atoms with van der Waals surface area (Å²) in [5.74, 6) is 1.58. The summed E-state index contributed by atoms with van der Waals surface area (Å²) < 4.78 is 10.9. The number of carbonyl (C=O) groups is 1. The summed E-state index contributed by atoms with van der Waals surface area (Å²) in [4.78, 5) is 16.8. The van der Waals surface area contributed by atoms with Crippen molar-refractivity contribution >= 4 is 17.5 Å². The Labute approximate surface area is 159 Å². The monoisotopic (exact) mass is 374 g/mol. The molecule has 1 aliphatic rings. The number of halogens is 1. The minimum Gasteiger partial charge on any atom is -0.497 e. The maximum absolute atomic E-state index is 12.6. The number of rotatable bonds is 6. The Morgan fingerprint density at radius 2 is 1.77 bits per heavy atom. The molecule has 1 amide bonds. The summed E-state index contributed by atoms with van der Waals surface area (Å²) in [6, 6.07) is 14.7. The zero-order chi connectivity index (χ0) is 18.4. The van der Waals surface area contributed by atoms with Gasteiger partial charge in [-0.05, 0) is 42.5 Å². The van der Waals surface area contributed by atoms with Gasteiger partial charge >= 0.3 is 0 Å². The average molecular weight is 375 g/mol. The zero-order valence-corrected chi connectivity index (χ0v) is 15.6. The lowest BCUT2D eigenvalue weighted by Crippen LogP contribution is -2.49. The second kappa shape index (κ2) is 8.92. The lowest BCUT2D eigenvalue weighted by Gasteiger charge is -2.34. The topological polar surface area (TPSA) is 42.0 Å². The quantitative estimate of drug-likeness (QED) is 0.778. The van der Waals surface area contributed by atoms with Crippen molar-refractivity contribution in [3.8, 4) is 11.5 Å². The van der Waals surface area contributed by atoms with E-state index in [2.05, 4.69) is 4.90 Å². The SMILES string of the molecule is COc1cccc(C(=O)N2CCN(CCOc3ccc(Cl)cc3)CC2)c1. The van der Waals surface area contributed by atoms with Crippen molar-refractivity contribution in [2.24, 2.45) is 0 Å². The summed E-state index contributed by atoms with van der Waals surface area (Å²) in [5.41, 5.74) is 0.670. The fraction of sp³-hybridized carbons (Fsp3) is 0.350. The predicted octanol–water partition coefficient (Wildman–Crippen LogP) is 3.19. The number of benzene rings is 2. The highest BCUT2D eigenvalue weighted by molar-refractivity contribution is 6.30. The first-order chi connectivity index (χ1) is 12.7. The van der Waals surface area contributed by atoms with E-state index in [0.29, 0.717) is 22.9 Å². The van der Waals surface area contributed by atoms with Crippen molar-refractivity contribution in [1.29, 1.82) is 0 Å². The molecule has 2 aromatic carbocycles. The first kappa shape index (κ1) is 18.5. The Morgan fingerprint density at radius 1 is 1.04 bits per heavy atom. The van der Waals surface area contributed by atoms with E-state index < -0.39 is 0 Å². The third kappa shape index (κ3) is 4.90. The second-order valence-electron chi connectivity index (χ2n) is 6.17. The third-order valence-electron chi connectivity index (χ3n) is 4.47. The van der Waals surface area contributed by atoms with Gasteiger partial charge in [0.2, 0.25) is 0 Å². The van der Waals surface area contributed by atoms with Crippen molar-refractivity contribution in [2.45, 2.75) is 0 Å². The Morgan fingerprint density at radius 3 is 2.46 bits per heavy atom. The summed E-state index contributed by atoms with van der Waals surface area (Å²) in [5, 5.41) is 0.703. The van der Waals surface area contributed by atoms with Crippen LogP contribution in [0.2, 0.25) is 5.02 Å². The van der Waals surface area contributed by atoms with E-state index in [0.717, 1.165) is 38.5 Å². The van der Waals surface area contributed by atoms with Gasteiger partial charge in [0.05, 0.1) is 7.11 Å². The largest absolute Gasteiger partial charge is 0.497 e. The minimum atomic E-state index is 0.0564. The van der Waals surface area contributed by atoms with Crippen molar-refractivity contribution < 1.29 is 14.3 Å². The molecule has 1 heterocycles. The van der Waals surface area contributed by atoms with E-state index in [9.17, 15) is 4.79 Å². The molecule has 2 aromatic rings. The molecule has 1 aliphatic heterocycles. The van der Waals surface area contributed by atoms with Crippen molar-refractivity contribution in [2.75, 3.05) is 46.4 Å². The Balaban J connectivity index is 1.43. The molecule has 1 fully saturated rings. The highest BCUT2D eigenvalue weighted by Crippen LogP contribution is 2.17. The summed E-state index contributed by atoms with van der Waals surface area (Å²) >= 11 is 5.86. The molecule has 0 radical (unpaired) electrons. The van der Waals surface area contributed by atoms with Crippen LogP contribution in [0, 0.1) is 0 Å². The molecule has 0 aliphatic carbocycles. The normalized spacial score (nSPS) is 14.9. The maximum Gasteiger partial charge on any atom is 0.254 e. The van der Waals surface area contributed by atoms with Gasteiger partial charge in [-0.15, -0.1) is 0 Å². The molecule has 0 spiro atoms. The van der Waals surface area contributed by atoms with Crippen LogP contribution < -0.4 is 9.47 Å². The van der Waals surface area contributed by atoms with E-state index >= 15 is 0 Å². The second-order valence-corrected chi connectivity index (χ2v) is 6.60. The lowest BCUT2D eigenvalue weighted by atomic mass is 10.1. The number of hydrogen-bond donors (Lipinski definition) is 0. The minimum absolute atomic E-state index is 0.0564. The van der Waals surface area contributed by atoms with Crippen LogP contribution in [0.4, 0.5) is 0 Å². The van der Waals surface area contributed by atoms with Gasteiger partial charge in [0.15, 0.2) is 0 Å². The number of nitrogens with zero attached hydrogens (tertiary/aromatic N) is 2. The molecular formula is C20H23ClN2O3. The van der Waals surface area contributed by atoms with E-state index in [-0.39, 0.29) is 5.91 Å². The number of methoxy groups -OCH3 is 1. The Kier molecular flexibility index (Phi) is 6.36. The van der Waals surface area contributed by atoms with Crippen LogP contribution in [0.15, 0.2) is 48.5 Å². The van der Waals surface area contributed by atoms with Gasteiger partial charge < -0.3 is 14.4 Å². The highest BCUT2D eigenvalue weighted by atomic mass is 35.5.